The van der Waals surface area contributed by atoms with E-state index in [0.717, 1.165) is 0 Å². The van der Waals surface area contributed by atoms with E-state index in [0.29, 0.717) is 12.8 Å². The Morgan fingerprint density at radius 3 is 1.04 bits per heavy atom. The Balaban J connectivity index is -0.000000114. The van der Waals surface area contributed by atoms with Gasteiger partial charge in [0.05, 0.1) is 0 Å². The monoisotopic (exact) mass is 743 g/mol. The zero-order chi connectivity index (χ0) is 32.0. The SMILES string of the molecule is C.C.C.C.CC.CN1C(=O)CCC1=O.Cc1ccc(C)cc1.Cc1cccc2ccccc12.Cc1ccccc1.Cc1ccccc1.[CH3-].[Y]. The van der Waals surface area contributed by atoms with Crippen LogP contribution in [0.2, 0.25) is 0 Å². The summed E-state index contributed by atoms with van der Waals surface area (Å²) in [6.07, 6.45) is 0.796. The van der Waals surface area contributed by atoms with Crippen molar-refractivity contribution in [3.05, 3.63) is 163 Å². The molecule has 0 bridgehead atoms. The molecule has 1 heterocycles. The fourth-order valence-electron chi connectivity index (χ4n) is 3.78. The van der Waals surface area contributed by atoms with Crippen LogP contribution in [0.15, 0.2) is 127 Å². The minimum absolute atomic E-state index is 0. The number of rotatable bonds is 0. The van der Waals surface area contributed by atoms with Crippen molar-refractivity contribution < 1.29 is 42.3 Å². The molecule has 0 aliphatic carbocycles. The molecule has 0 unspecified atom stereocenters. The molecule has 0 atom stereocenters. The van der Waals surface area contributed by atoms with Crippen molar-refractivity contribution in [3.63, 3.8) is 0 Å². The number of imide groups is 1. The van der Waals surface area contributed by atoms with Gasteiger partial charge < -0.3 is 7.43 Å². The molecule has 2 amide bonds. The summed E-state index contributed by atoms with van der Waals surface area (Å²) in [5.41, 5.74) is 6.65. The Kier molecular flexibility index (Phi) is 40.7. The topological polar surface area (TPSA) is 37.4 Å². The molecular weight excluding hydrogens is 675 g/mol. The molecule has 269 valence electrons. The normalized spacial score (nSPS) is 9.76. The molecule has 5 aromatic carbocycles. The van der Waals surface area contributed by atoms with E-state index in [2.05, 4.69) is 126 Å². The molecule has 1 radical (unpaired) electrons. The number of aryl methyl sites for hydroxylation is 5. The molecule has 1 fully saturated rings. The Morgan fingerprint density at radius 1 is 0.449 bits per heavy atom. The number of hydrogen-bond acceptors (Lipinski definition) is 2. The van der Waals surface area contributed by atoms with E-state index in [1.165, 1.54) is 50.5 Å². The summed E-state index contributed by atoms with van der Waals surface area (Å²) in [4.78, 5) is 22.1. The third-order valence-corrected chi connectivity index (χ3v) is 6.41. The van der Waals surface area contributed by atoms with Crippen LogP contribution in [-0.4, -0.2) is 23.8 Å². The summed E-state index contributed by atoms with van der Waals surface area (Å²) in [5.74, 6) is -0.120. The number of nitrogens with zero attached hydrogens (tertiary/aromatic N) is 1. The second-order valence-electron chi connectivity index (χ2n) is 10.1. The smallest absolute Gasteiger partial charge is 0.229 e. The summed E-state index contributed by atoms with van der Waals surface area (Å²) < 4.78 is 0. The first-order valence-electron chi connectivity index (χ1n) is 15.0. The number of fused-ring (bicyclic) bond motifs is 1. The van der Waals surface area contributed by atoms with Crippen molar-refractivity contribution in [2.24, 2.45) is 0 Å². The van der Waals surface area contributed by atoms with Gasteiger partial charge in [0.2, 0.25) is 11.8 Å². The summed E-state index contributed by atoms with van der Waals surface area (Å²) in [5, 5.41) is 2.68. The number of hydrogen-bond donors (Lipinski definition) is 0. The predicted octanol–water partition coefficient (Wildman–Crippen LogP) is 13.2. The van der Waals surface area contributed by atoms with Crippen molar-refractivity contribution in [1.29, 1.82) is 0 Å². The van der Waals surface area contributed by atoms with E-state index >= 15 is 0 Å². The average Bonchev–Trinajstić information content (AvgIpc) is 3.33. The maximum Gasteiger partial charge on any atom is 0.229 e. The van der Waals surface area contributed by atoms with E-state index in [1.54, 1.807) is 0 Å². The van der Waals surface area contributed by atoms with Crippen LogP contribution in [0.4, 0.5) is 0 Å². The van der Waals surface area contributed by atoms with Crippen LogP contribution in [0.5, 0.6) is 0 Å². The van der Waals surface area contributed by atoms with Crippen molar-refractivity contribution in [1.82, 2.24) is 4.90 Å². The standard InChI is InChI=1S/C11H10.C8H10.2C7H8.C5H7NO2.C2H6.4CH4.CH3.Y/c1-9-5-4-7-10-6-2-3-8-11(9)10;1-7-3-5-8(2)6-4-7;2*1-7-5-3-2-4-6-7;1-6-4(7)2-3-5(6)8;1-2;;;;;;/h2-8H,1H3;3-6H,1-2H3;2*2-6H,1H3;2-3H2,1H3;1-2H3;4*1H4;1H3;/q;;;;;;;;;;-1;. The molecule has 3 nitrogen and oxygen atoms in total. The Bertz CT molecular complexity index is 1390. The second-order valence-corrected chi connectivity index (χ2v) is 10.1. The molecule has 0 aromatic heterocycles. The first-order valence-corrected chi connectivity index (χ1v) is 15.0. The fourth-order valence-corrected chi connectivity index (χ4v) is 3.78. The Morgan fingerprint density at radius 2 is 0.755 bits per heavy atom. The first kappa shape index (κ1) is 57.8. The molecule has 0 spiro atoms. The molecule has 1 saturated heterocycles. The molecule has 0 saturated carbocycles. The van der Waals surface area contributed by atoms with E-state index in [-0.39, 0.29) is 81.7 Å². The van der Waals surface area contributed by atoms with Gasteiger partial charge in [-0.2, -0.15) is 0 Å². The summed E-state index contributed by atoms with van der Waals surface area (Å²) in [6.45, 7) is 14.5. The number of carbonyl (C=O) groups is 2. The molecular formula is C45H68NO2Y-. The van der Waals surface area contributed by atoms with Gasteiger partial charge in [-0.25, -0.2) is 0 Å². The van der Waals surface area contributed by atoms with Crippen LogP contribution >= 0.6 is 0 Å². The largest absolute Gasteiger partial charge is 0.358 e. The molecule has 1 aliphatic heterocycles. The zero-order valence-corrected chi connectivity index (χ0v) is 31.7. The van der Waals surface area contributed by atoms with Crippen molar-refractivity contribution in [2.45, 2.75) is 91.0 Å². The van der Waals surface area contributed by atoms with Crippen molar-refractivity contribution in [3.8, 4) is 0 Å². The van der Waals surface area contributed by atoms with E-state index in [9.17, 15) is 9.59 Å². The van der Waals surface area contributed by atoms with Crippen molar-refractivity contribution >= 4 is 22.6 Å². The van der Waals surface area contributed by atoms with Gasteiger partial charge in [-0.15, -0.1) is 0 Å². The number of likely N-dealkylation sites (tertiary alicyclic amines) is 1. The molecule has 0 N–H and O–H groups in total. The summed E-state index contributed by atoms with van der Waals surface area (Å²) in [7, 11) is 1.51. The van der Waals surface area contributed by atoms with Gasteiger partial charge >= 0.3 is 0 Å². The number of carbonyl (C=O) groups excluding carboxylic acids is 2. The third-order valence-electron chi connectivity index (χ3n) is 6.41. The first-order chi connectivity index (χ1) is 20.7. The van der Waals surface area contributed by atoms with Gasteiger partial charge in [-0.3, -0.25) is 14.5 Å². The van der Waals surface area contributed by atoms with Gasteiger partial charge in [-0.1, -0.05) is 193 Å². The van der Waals surface area contributed by atoms with Crippen LogP contribution < -0.4 is 0 Å². The van der Waals surface area contributed by atoms with Crippen LogP contribution in [0.25, 0.3) is 10.8 Å². The van der Waals surface area contributed by atoms with Crippen LogP contribution in [0.3, 0.4) is 0 Å². The zero-order valence-electron chi connectivity index (χ0n) is 28.9. The molecule has 6 rings (SSSR count). The second kappa shape index (κ2) is 34.5. The predicted molar refractivity (Wildman–Crippen MR) is 219 cm³/mol. The van der Waals surface area contributed by atoms with Gasteiger partial charge in [0.25, 0.3) is 0 Å². The van der Waals surface area contributed by atoms with Crippen molar-refractivity contribution in [2.75, 3.05) is 7.05 Å². The maximum absolute atomic E-state index is 10.5. The summed E-state index contributed by atoms with van der Waals surface area (Å²) >= 11 is 0. The van der Waals surface area contributed by atoms with Gasteiger partial charge in [0, 0.05) is 52.6 Å². The number of benzene rings is 5. The molecule has 1 aliphatic rings. The molecule has 49 heavy (non-hydrogen) atoms. The van der Waals surface area contributed by atoms with E-state index in [4.69, 9.17) is 0 Å². The Hall–Kier alpha value is -3.40. The maximum atomic E-state index is 10.5. The minimum atomic E-state index is -0.0602. The van der Waals surface area contributed by atoms with Gasteiger partial charge in [-0.05, 0) is 51.0 Å². The average molecular weight is 744 g/mol. The van der Waals surface area contributed by atoms with E-state index < -0.39 is 0 Å². The molecule has 5 aromatic rings. The van der Waals surface area contributed by atoms with Gasteiger partial charge in [0.1, 0.15) is 0 Å². The number of amides is 2. The minimum Gasteiger partial charge on any atom is -0.358 e. The van der Waals surface area contributed by atoms with Crippen LogP contribution in [0, 0.1) is 42.0 Å². The van der Waals surface area contributed by atoms with Crippen LogP contribution in [-0.2, 0) is 42.3 Å². The fraction of sp³-hybridized carbons (Fsp3) is 0.311. The van der Waals surface area contributed by atoms with E-state index in [1.807, 2.05) is 50.2 Å². The quantitative estimate of drug-likeness (QED) is 0.117. The van der Waals surface area contributed by atoms with Crippen LogP contribution in [0.1, 0.15) is 84.2 Å². The summed E-state index contributed by atoms with van der Waals surface area (Å²) in [6, 6.07) is 43.8. The molecule has 4 heteroatoms. The van der Waals surface area contributed by atoms with Gasteiger partial charge in [0.15, 0.2) is 0 Å². The Labute approximate surface area is 328 Å². The third kappa shape index (κ3) is 25.3.